The summed E-state index contributed by atoms with van der Waals surface area (Å²) in [6.07, 6.45) is 0.461. The number of ketones is 1. The number of nitrogens with zero attached hydrogens (tertiary/aromatic N) is 1. The smallest absolute Gasteiger partial charge is 0.419 e. The predicted octanol–water partition coefficient (Wildman–Crippen LogP) is 7.09. The zero-order chi connectivity index (χ0) is 29.1. The fourth-order valence-corrected chi connectivity index (χ4v) is 5.78. The van der Waals surface area contributed by atoms with Gasteiger partial charge in [-0.3, -0.25) is 14.4 Å². The Morgan fingerprint density at radius 3 is 2.33 bits per heavy atom. The van der Waals surface area contributed by atoms with E-state index < -0.39 is 23.1 Å². The highest BCUT2D eigenvalue weighted by molar-refractivity contribution is 6.09. The summed E-state index contributed by atoms with van der Waals surface area (Å²) < 4.78 is 53.3. The monoisotopic (exact) mass is 553 g/mol. The molecule has 5 rings (SSSR count). The molecule has 1 saturated carbocycles. The summed E-state index contributed by atoms with van der Waals surface area (Å²) in [4.78, 5) is 36.2. The standard InChI is InChI=1S/C30H25F4NO2.CH2O2/c1-2-27(36)24-8-4-3-7-22(24)20-10-11-23-21(16-20)17-29(13-5-6-14-29)35(28(23)37)18-19-9-12-25(26(31)15-19)30(32,33)34;2-1-3/h2-4,7-12,15-16H,1,5-6,13-14,17-18H2;1H,(H,2,3). The highest BCUT2D eigenvalue weighted by atomic mass is 19.4. The van der Waals surface area contributed by atoms with Crippen molar-refractivity contribution in [2.45, 2.75) is 50.4 Å². The third-order valence-electron chi connectivity index (χ3n) is 7.58. The normalized spacial score (nSPS) is 15.7. The first kappa shape index (κ1) is 28.7. The molecule has 1 amide bonds. The van der Waals surface area contributed by atoms with E-state index in [0.29, 0.717) is 23.1 Å². The molecular weight excluding hydrogens is 526 g/mol. The number of carbonyl (C=O) groups is 3. The van der Waals surface area contributed by atoms with Crippen LogP contribution in [-0.2, 0) is 23.9 Å². The number of carbonyl (C=O) groups excluding carboxylic acids is 2. The van der Waals surface area contributed by atoms with Gasteiger partial charge in [0.15, 0.2) is 5.78 Å². The fraction of sp³-hybridized carbons (Fsp3) is 0.258. The van der Waals surface area contributed by atoms with Crippen LogP contribution in [0.25, 0.3) is 11.1 Å². The minimum atomic E-state index is -4.78. The number of halogens is 4. The third kappa shape index (κ3) is 5.54. The lowest BCUT2D eigenvalue weighted by atomic mass is 9.79. The molecule has 0 radical (unpaired) electrons. The molecule has 3 aromatic rings. The van der Waals surface area contributed by atoms with E-state index in [1.54, 1.807) is 29.2 Å². The second-order valence-corrected chi connectivity index (χ2v) is 9.90. The number of hydrogen-bond donors (Lipinski definition) is 1. The zero-order valence-electron chi connectivity index (χ0n) is 21.5. The molecule has 208 valence electrons. The van der Waals surface area contributed by atoms with Crippen molar-refractivity contribution in [3.8, 4) is 11.1 Å². The fourth-order valence-electron chi connectivity index (χ4n) is 5.78. The highest BCUT2D eigenvalue weighted by Crippen LogP contribution is 2.44. The van der Waals surface area contributed by atoms with Gasteiger partial charge >= 0.3 is 6.18 Å². The summed E-state index contributed by atoms with van der Waals surface area (Å²) in [7, 11) is 0. The van der Waals surface area contributed by atoms with Gasteiger partial charge < -0.3 is 10.0 Å². The Morgan fingerprint density at radius 2 is 1.70 bits per heavy atom. The topological polar surface area (TPSA) is 74.7 Å². The highest BCUT2D eigenvalue weighted by Gasteiger charge is 2.46. The van der Waals surface area contributed by atoms with Crippen molar-refractivity contribution in [3.63, 3.8) is 0 Å². The molecular formula is C31H27F4NO4. The van der Waals surface area contributed by atoms with Crippen LogP contribution in [0.2, 0.25) is 0 Å². The molecule has 1 heterocycles. The molecule has 3 aromatic carbocycles. The number of rotatable bonds is 5. The lowest BCUT2D eigenvalue weighted by Gasteiger charge is -2.46. The molecule has 40 heavy (non-hydrogen) atoms. The van der Waals surface area contributed by atoms with Crippen LogP contribution in [0.1, 0.15) is 63.1 Å². The van der Waals surface area contributed by atoms with Crippen LogP contribution in [0.4, 0.5) is 17.6 Å². The van der Waals surface area contributed by atoms with Crippen LogP contribution < -0.4 is 0 Å². The number of fused-ring (bicyclic) bond motifs is 1. The van der Waals surface area contributed by atoms with Gasteiger partial charge in [0.25, 0.3) is 12.4 Å². The van der Waals surface area contributed by atoms with Gasteiger partial charge in [0.2, 0.25) is 0 Å². The molecule has 9 heteroatoms. The van der Waals surface area contributed by atoms with Crippen molar-refractivity contribution >= 4 is 18.2 Å². The Bertz CT molecular complexity index is 1460. The molecule has 1 aliphatic carbocycles. The maximum absolute atomic E-state index is 14.3. The Kier molecular flexibility index (Phi) is 8.23. The third-order valence-corrected chi connectivity index (χ3v) is 7.58. The van der Waals surface area contributed by atoms with E-state index in [1.165, 1.54) is 12.1 Å². The van der Waals surface area contributed by atoms with E-state index >= 15 is 0 Å². The lowest BCUT2D eigenvalue weighted by molar-refractivity contribution is -0.140. The van der Waals surface area contributed by atoms with Crippen LogP contribution in [0.3, 0.4) is 0 Å². The second-order valence-electron chi connectivity index (χ2n) is 9.90. The minimum Gasteiger partial charge on any atom is -0.483 e. The van der Waals surface area contributed by atoms with Gasteiger partial charge in [0.1, 0.15) is 5.82 Å². The molecule has 5 nitrogen and oxygen atoms in total. The van der Waals surface area contributed by atoms with Gasteiger partial charge in [0.05, 0.1) is 5.56 Å². The number of hydrogen-bond acceptors (Lipinski definition) is 3. The van der Waals surface area contributed by atoms with E-state index in [0.717, 1.165) is 54.5 Å². The van der Waals surface area contributed by atoms with Crippen molar-refractivity contribution < 1.29 is 37.1 Å². The first-order valence-electron chi connectivity index (χ1n) is 12.7. The van der Waals surface area contributed by atoms with Crippen molar-refractivity contribution in [1.29, 1.82) is 0 Å². The van der Waals surface area contributed by atoms with Gasteiger partial charge in [-0.05, 0) is 65.8 Å². The molecule has 0 unspecified atom stereocenters. The molecule has 2 aliphatic rings. The van der Waals surface area contributed by atoms with Gasteiger partial charge in [-0.15, -0.1) is 0 Å². The van der Waals surface area contributed by atoms with Crippen molar-refractivity contribution in [2.24, 2.45) is 0 Å². The number of benzene rings is 3. The SMILES string of the molecule is C=CC(=O)c1ccccc1-c1ccc2c(c1)CC1(CCCC1)N(Cc1ccc(C(F)(F)F)c(F)c1)C2=O.O=CO. The molecule has 0 atom stereocenters. The van der Waals surface area contributed by atoms with Crippen LogP contribution >= 0.6 is 0 Å². The Hall–Kier alpha value is -4.27. The summed E-state index contributed by atoms with van der Waals surface area (Å²) in [6.45, 7) is 3.37. The first-order valence-corrected chi connectivity index (χ1v) is 12.7. The summed E-state index contributed by atoms with van der Waals surface area (Å²) in [5.74, 6) is -1.75. The average molecular weight is 554 g/mol. The molecule has 0 saturated heterocycles. The molecule has 1 fully saturated rings. The zero-order valence-corrected chi connectivity index (χ0v) is 21.5. The van der Waals surface area contributed by atoms with E-state index in [-0.39, 0.29) is 24.7 Å². The Morgan fingerprint density at radius 1 is 1.02 bits per heavy atom. The Labute approximate surface area is 228 Å². The van der Waals surface area contributed by atoms with Crippen LogP contribution in [0.5, 0.6) is 0 Å². The van der Waals surface area contributed by atoms with Gasteiger partial charge in [-0.2, -0.15) is 13.2 Å². The van der Waals surface area contributed by atoms with Gasteiger partial charge in [0, 0.05) is 23.2 Å². The van der Waals surface area contributed by atoms with Crippen LogP contribution in [0.15, 0.2) is 73.3 Å². The van der Waals surface area contributed by atoms with Crippen molar-refractivity contribution in [3.05, 3.63) is 107 Å². The first-order chi connectivity index (χ1) is 19.0. The molecule has 1 N–H and O–H groups in total. The number of carboxylic acid groups (broad SMARTS) is 1. The summed E-state index contributed by atoms with van der Waals surface area (Å²) >= 11 is 0. The largest absolute Gasteiger partial charge is 0.483 e. The molecule has 0 aromatic heterocycles. The number of amides is 1. The summed E-state index contributed by atoms with van der Waals surface area (Å²) in [5.41, 5.74) is 2.02. The van der Waals surface area contributed by atoms with E-state index in [1.807, 2.05) is 18.2 Å². The molecule has 1 aliphatic heterocycles. The minimum absolute atomic E-state index is 0.0335. The predicted molar refractivity (Wildman–Crippen MR) is 141 cm³/mol. The summed E-state index contributed by atoms with van der Waals surface area (Å²) in [5, 5.41) is 6.89. The molecule has 1 spiro atoms. The number of allylic oxidation sites excluding steroid dienone is 1. The van der Waals surface area contributed by atoms with Crippen molar-refractivity contribution in [1.82, 2.24) is 4.90 Å². The second kappa shape index (κ2) is 11.5. The van der Waals surface area contributed by atoms with E-state index in [2.05, 4.69) is 6.58 Å². The van der Waals surface area contributed by atoms with Crippen LogP contribution in [-0.4, -0.2) is 33.7 Å². The van der Waals surface area contributed by atoms with E-state index in [9.17, 15) is 27.2 Å². The summed E-state index contributed by atoms with van der Waals surface area (Å²) in [6, 6.07) is 15.6. The van der Waals surface area contributed by atoms with Gasteiger partial charge in [-0.1, -0.05) is 61.9 Å². The van der Waals surface area contributed by atoms with E-state index in [4.69, 9.17) is 9.90 Å². The van der Waals surface area contributed by atoms with Gasteiger partial charge in [-0.25, -0.2) is 4.39 Å². The maximum Gasteiger partial charge on any atom is 0.419 e. The quantitative estimate of drug-likeness (QED) is 0.158. The lowest BCUT2D eigenvalue weighted by Crippen LogP contribution is -2.54. The average Bonchev–Trinajstić information content (AvgIpc) is 3.39. The van der Waals surface area contributed by atoms with Crippen molar-refractivity contribution in [2.75, 3.05) is 0 Å². The number of alkyl halides is 3. The molecule has 0 bridgehead atoms. The maximum atomic E-state index is 14.3. The van der Waals surface area contributed by atoms with Crippen LogP contribution in [0, 0.1) is 5.82 Å². The Balaban J connectivity index is 0.00000118.